The maximum absolute atomic E-state index is 12.7. The van der Waals surface area contributed by atoms with E-state index in [4.69, 9.17) is 10.2 Å². The first-order chi connectivity index (χ1) is 13.7. The van der Waals surface area contributed by atoms with E-state index in [9.17, 15) is 24.0 Å². The van der Waals surface area contributed by atoms with Crippen LogP contribution in [0.5, 0.6) is 0 Å². The number of aliphatic carboxylic acids is 2. The van der Waals surface area contributed by atoms with Crippen LogP contribution in [0.1, 0.15) is 32.1 Å². The minimum Gasteiger partial charge on any atom is -0.481 e. The van der Waals surface area contributed by atoms with E-state index in [1.54, 1.807) is 0 Å². The zero-order valence-corrected chi connectivity index (χ0v) is 17.0. The van der Waals surface area contributed by atoms with Crippen molar-refractivity contribution in [2.75, 3.05) is 25.1 Å². The molecule has 1 saturated heterocycles. The number of carbonyl (C=O) groups is 5. The molecule has 3 unspecified atom stereocenters. The SMILES string of the molecule is CSCCC(NC(=O)C1CCCN1)C(=O)NC(CCC(=O)O)C(=O)NCC(=O)O. The number of carboxylic acid groups (broad SMARTS) is 2. The molecule has 1 rings (SSSR count). The third kappa shape index (κ3) is 9.61. The number of hydrogen-bond donors (Lipinski definition) is 6. The van der Waals surface area contributed by atoms with Gasteiger partial charge in [-0.05, 0) is 44.2 Å². The number of nitrogens with one attached hydrogen (secondary N) is 4. The van der Waals surface area contributed by atoms with E-state index in [-0.39, 0.29) is 24.8 Å². The molecular formula is C17H28N4O7S. The smallest absolute Gasteiger partial charge is 0.322 e. The van der Waals surface area contributed by atoms with Crippen LogP contribution in [0.3, 0.4) is 0 Å². The van der Waals surface area contributed by atoms with E-state index < -0.39 is 42.4 Å². The van der Waals surface area contributed by atoms with E-state index in [0.717, 1.165) is 13.0 Å². The Kier molecular flexibility index (Phi) is 11.1. The topological polar surface area (TPSA) is 174 Å². The number of carboxylic acids is 2. The van der Waals surface area contributed by atoms with Crippen LogP contribution in [0.25, 0.3) is 0 Å². The monoisotopic (exact) mass is 432 g/mol. The average molecular weight is 432 g/mol. The van der Waals surface area contributed by atoms with Gasteiger partial charge in [0.1, 0.15) is 18.6 Å². The first-order valence-electron chi connectivity index (χ1n) is 9.29. The summed E-state index contributed by atoms with van der Waals surface area (Å²) in [5.41, 5.74) is 0. The molecule has 0 aliphatic carbocycles. The standard InChI is InChI=1S/C17H28N4O7S/c1-29-8-6-12(21-16(27)10-3-2-7-18-10)17(28)20-11(4-5-13(22)23)15(26)19-9-14(24)25/h10-12,18H,2-9H2,1H3,(H,19,26)(H,20,28)(H,21,27)(H,22,23)(H,24,25). The molecule has 29 heavy (non-hydrogen) atoms. The number of thioether (sulfide) groups is 1. The molecule has 0 spiro atoms. The number of carbonyl (C=O) groups excluding carboxylic acids is 3. The predicted molar refractivity (Wildman–Crippen MR) is 105 cm³/mol. The van der Waals surface area contributed by atoms with Crippen molar-refractivity contribution in [1.29, 1.82) is 0 Å². The minimum atomic E-state index is -1.27. The Morgan fingerprint density at radius 1 is 1.03 bits per heavy atom. The lowest BCUT2D eigenvalue weighted by atomic mass is 10.1. The van der Waals surface area contributed by atoms with Crippen molar-refractivity contribution in [1.82, 2.24) is 21.3 Å². The average Bonchev–Trinajstić information content (AvgIpc) is 3.20. The molecule has 0 bridgehead atoms. The molecule has 164 valence electrons. The molecule has 0 saturated carbocycles. The van der Waals surface area contributed by atoms with Crippen LogP contribution >= 0.6 is 11.8 Å². The van der Waals surface area contributed by atoms with Crippen molar-refractivity contribution in [2.24, 2.45) is 0 Å². The summed E-state index contributed by atoms with van der Waals surface area (Å²) < 4.78 is 0. The number of hydrogen-bond acceptors (Lipinski definition) is 7. The van der Waals surface area contributed by atoms with Crippen LogP contribution in [0, 0.1) is 0 Å². The first kappa shape index (κ1) is 24.7. The van der Waals surface area contributed by atoms with E-state index in [2.05, 4.69) is 21.3 Å². The van der Waals surface area contributed by atoms with Crippen molar-refractivity contribution >= 4 is 41.4 Å². The fourth-order valence-electron chi connectivity index (χ4n) is 2.78. The molecular weight excluding hydrogens is 404 g/mol. The van der Waals surface area contributed by atoms with Crippen LogP contribution in [0.2, 0.25) is 0 Å². The molecule has 3 amide bonds. The maximum Gasteiger partial charge on any atom is 0.322 e. The van der Waals surface area contributed by atoms with Gasteiger partial charge in [0, 0.05) is 6.42 Å². The van der Waals surface area contributed by atoms with Crippen molar-refractivity contribution < 1.29 is 34.2 Å². The molecule has 1 aliphatic heterocycles. The number of rotatable bonds is 13. The molecule has 11 nitrogen and oxygen atoms in total. The van der Waals surface area contributed by atoms with E-state index in [1.165, 1.54) is 11.8 Å². The van der Waals surface area contributed by atoms with Gasteiger partial charge in [-0.3, -0.25) is 24.0 Å². The quantitative estimate of drug-likeness (QED) is 0.203. The molecule has 0 aromatic heterocycles. The molecule has 12 heteroatoms. The highest BCUT2D eigenvalue weighted by atomic mass is 32.2. The Balaban J connectivity index is 2.78. The van der Waals surface area contributed by atoms with Gasteiger partial charge in [-0.15, -0.1) is 0 Å². The van der Waals surface area contributed by atoms with Gasteiger partial charge in [0.15, 0.2) is 0 Å². The van der Waals surface area contributed by atoms with Crippen LogP contribution in [0.4, 0.5) is 0 Å². The maximum atomic E-state index is 12.7. The largest absolute Gasteiger partial charge is 0.481 e. The van der Waals surface area contributed by atoms with Crippen molar-refractivity contribution in [3.63, 3.8) is 0 Å². The van der Waals surface area contributed by atoms with Crippen molar-refractivity contribution in [3.8, 4) is 0 Å². The molecule has 1 heterocycles. The predicted octanol–water partition coefficient (Wildman–Crippen LogP) is -1.47. The van der Waals surface area contributed by atoms with Crippen LogP contribution < -0.4 is 21.3 Å². The van der Waals surface area contributed by atoms with Gasteiger partial charge in [0.25, 0.3) is 0 Å². The van der Waals surface area contributed by atoms with Gasteiger partial charge in [0.05, 0.1) is 6.04 Å². The molecule has 1 aliphatic rings. The third-order valence-electron chi connectivity index (χ3n) is 4.31. The van der Waals surface area contributed by atoms with Crippen molar-refractivity contribution in [2.45, 2.75) is 50.2 Å². The third-order valence-corrected chi connectivity index (χ3v) is 4.96. The summed E-state index contributed by atoms with van der Waals surface area (Å²) >= 11 is 1.49. The second kappa shape index (κ2) is 13.0. The summed E-state index contributed by atoms with van der Waals surface area (Å²) in [6, 6.07) is -2.49. The molecule has 1 fully saturated rings. The zero-order chi connectivity index (χ0) is 21.8. The van der Waals surface area contributed by atoms with Crippen LogP contribution in [-0.2, 0) is 24.0 Å². The molecule has 0 radical (unpaired) electrons. The lowest BCUT2D eigenvalue weighted by Gasteiger charge is -2.23. The summed E-state index contributed by atoms with van der Waals surface area (Å²) in [6.07, 6.45) is 3.11. The summed E-state index contributed by atoms with van der Waals surface area (Å²) in [6.45, 7) is 0.0685. The Morgan fingerprint density at radius 2 is 1.72 bits per heavy atom. The molecule has 0 aromatic carbocycles. The molecule has 3 atom stereocenters. The van der Waals surface area contributed by atoms with E-state index in [1.807, 2.05) is 6.26 Å². The molecule has 0 aromatic rings. The van der Waals surface area contributed by atoms with Gasteiger partial charge in [0.2, 0.25) is 17.7 Å². The minimum absolute atomic E-state index is 0.208. The Bertz CT molecular complexity index is 611. The van der Waals surface area contributed by atoms with Gasteiger partial charge < -0.3 is 31.5 Å². The van der Waals surface area contributed by atoms with Gasteiger partial charge >= 0.3 is 11.9 Å². The Labute approximate surface area is 172 Å². The summed E-state index contributed by atoms with van der Waals surface area (Å²) in [5, 5.41) is 27.8. The van der Waals surface area contributed by atoms with E-state index in [0.29, 0.717) is 18.6 Å². The summed E-state index contributed by atoms with van der Waals surface area (Å²) in [4.78, 5) is 58.7. The normalized spacial score (nSPS) is 17.8. The lowest BCUT2D eigenvalue weighted by molar-refractivity contribution is -0.140. The highest BCUT2D eigenvalue weighted by molar-refractivity contribution is 7.98. The van der Waals surface area contributed by atoms with Gasteiger partial charge in [-0.25, -0.2) is 0 Å². The van der Waals surface area contributed by atoms with Crippen LogP contribution in [0.15, 0.2) is 0 Å². The Hall–Kier alpha value is -2.34. The van der Waals surface area contributed by atoms with Crippen molar-refractivity contribution in [3.05, 3.63) is 0 Å². The summed E-state index contributed by atoms with van der Waals surface area (Å²) in [5.74, 6) is -3.56. The van der Waals surface area contributed by atoms with Crippen LogP contribution in [-0.4, -0.2) is 83.1 Å². The highest BCUT2D eigenvalue weighted by Gasteiger charge is 2.30. The highest BCUT2D eigenvalue weighted by Crippen LogP contribution is 2.08. The summed E-state index contributed by atoms with van der Waals surface area (Å²) in [7, 11) is 0. The second-order valence-electron chi connectivity index (χ2n) is 6.60. The number of amides is 3. The molecule has 6 N–H and O–H groups in total. The van der Waals surface area contributed by atoms with E-state index >= 15 is 0 Å². The zero-order valence-electron chi connectivity index (χ0n) is 16.2. The Morgan fingerprint density at radius 3 is 2.28 bits per heavy atom. The first-order valence-corrected chi connectivity index (χ1v) is 10.7. The van der Waals surface area contributed by atoms with Gasteiger partial charge in [-0.1, -0.05) is 0 Å². The lowest BCUT2D eigenvalue weighted by Crippen LogP contribution is -2.56. The second-order valence-corrected chi connectivity index (χ2v) is 7.58. The fourth-order valence-corrected chi connectivity index (χ4v) is 3.25. The fraction of sp³-hybridized carbons (Fsp3) is 0.706. The van der Waals surface area contributed by atoms with Gasteiger partial charge in [-0.2, -0.15) is 11.8 Å².